The van der Waals surface area contributed by atoms with Crippen LogP contribution in [0.1, 0.15) is 0 Å². The Morgan fingerprint density at radius 1 is 0.944 bits per heavy atom. The van der Waals surface area contributed by atoms with Crippen LogP contribution in [0.3, 0.4) is 0 Å². The van der Waals surface area contributed by atoms with Gasteiger partial charge in [-0.1, -0.05) is 0 Å². The van der Waals surface area contributed by atoms with E-state index in [-0.39, 0.29) is 26.2 Å². The number of aliphatic carboxylic acids is 2. The molecule has 8 heteroatoms. The van der Waals surface area contributed by atoms with Gasteiger partial charge < -0.3 is 25.4 Å². The predicted molar refractivity (Wildman–Crippen MR) is 62.4 cm³/mol. The van der Waals surface area contributed by atoms with Crippen molar-refractivity contribution in [3.8, 4) is 0 Å². The summed E-state index contributed by atoms with van der Waals surface area (Å²) in [5, 5.41) is 17.2. The first kappa shape index (κ1) is 16.8. The van der Waals surface area contributed by atoms with Gasteiger partial charge in [0.1, 0.15) is 0 Å². The quantitative estimate of drug-likeness (QED) is 0.362. The molecule has 18 heavy (non-hydrogen) atoms. The van der Waals surface area contributed by atoms with Crippen LogP contribution in [0.4, 0.5) is 0 Å². The van der Waals surface area contributed by atoms with E-state index in [2.05, 4.69) is 0 Å². The minimum absolute atomic E-state index is 0.246. The average molecular weight is 264 g/mol. The number of carboxylic acids is 2. The van der Waals surface area contributed by atoms with E-state index in [0.717, 1.165) is 0 Å². The summed E-state index contributed by atoms with van der Waals surface area (Å²) in [6.07, 6.45) is 0. The van der Waals surface area contributed by atoms with E-state index in [0.29, 0.717) is 26.4 Å². The highest BCUT2D eigenvalue weighted by atomic mass is 16.5. The Kier molecular flexibility index (Phi) is 10.2. The summed E-state index contributed by atoms with van der Waals surface area (Å²) in [5.74, 6) is -2.13. The van der Waals surface area contributed by atoms with Crippen LogP contribution in [0, 0.1) is 0 Å². The highest BCUT2D eigenvalue weighted by Crippen LogP contribution is 1.89. The number of carboxylic acid groups (broad SMARTS) is 2. The molecule has 0 aliphatic rings. The van der Waals surface area contributed by atoms with Gasteiger partial charge in [0.15, 0.2) is 0 Å². The molecular weight excluding hydrogens is 244 g/mol. The SMILES string of the molecule is NCCOCCOCCN(CC(=O)O)CC(=O)O. The third kappa shape index (κ3) is 11.3. The smallest absolute Gasteiger partial charge is 0.317 e. The molecule has 0 saturated heterocycles. The van der Waals surface area contributed by atoms with Crippen LogP contribution in [0.2, 0.25) is 0 Å². The Bertz CT molecular complexity index is 233. The number of nitrogens with zero attached hydrogens (tertiary/aromatic N) is 1. The van der Waals surface area contributed by atoms with Gasteiger partial charge in [0.2, 0.25) is 0 Å². The molecule has 0 aromatic rings. The van der Waals surface area contributed by atoms with Gasteiger partial charge in [-0.15, -0.1) is 0 Å². The molecule has 0 aliphatic heterocycles. The molecule has 0 rings (SSSR count). The van der Waals surface area contributed by atoms with Gasteiger partial charge in [0, 0.05) is 13.1 Å². The van der Waals surface area contributed by atoms with Gasteiger partial charge in [-0.3, -0.25) is 14.5 Å². The van der Waals surface area contributed by atoms with Crippen molar-refractivity contribution >= 4 is 11.9 Å². The van der Waals surface area contributed by atoms with Crippen molar-refractivity contribution in [1.29, 1.82) is 0 Å². The molecule has 0 aromatic carbocycles. The van der Waals surface area contributed by atoms with Crippen LogP contribution in [0.5, 0.6) is 0 Å². The molecule has 0 aliphatic carbocycles. The fraction of sp³-hybridized carbons (Fsp3) is 0.800. The first-order chi connectivity index (χ1) is 8.56. The molecule has 0 spiro atoms. The number of ether oxygens (including phenoxy) is 2. The van der Waals surface area contributed by atoms with Crippen LogP contribution in [0.15, 0.2) is 0 Å². The Morgan fingerprint density at radius 3 is 1.89 bits per heavy atom. The Morgan fingerprint density at radius 2 is 1.44 bits per heavy atom. The van der Waals surface area contributed by atoms with Crippen molar-refractivity contribution in [2.24, 2.45) is 5.73 Å². The summed E-state index contributed by atoms with van der Waals surface area (Å²) < 4.78 is 10.2. The molecular formula is C10H20N2O6. The number of nitrogens with two attached hydrogens (primary N) is 1. The minimum Gasteiger partial charge on any atom is -0.480 e. The lowest BCUT2D eigenvalue weighted by Gasteiger charge is -2.17. The van der Waals surface area contributed by atoms with Gasteiger partial charge in [-0.25, -0.2) is 0 Å². The molecule has 0 amide bonds. The third-order valence-corrected chi connectivity index (χ3v) is 1.90. The van der Waals surface area contributed by atoms with Gasteiger partial charge in [0.25, 0.3) is 0 Å². The third-order valence-electron chi connectivity index (χ3n) is 1.90. The van der Waals surface area contributed by atoms with Gasteiger partial charge >= 0.3 is 11.9 Å². The van der Waals surface area contributed by atoms with Crippen LogP contribution >= 0.6 is 0 Å². The van der Waals surface area contributed by atoms with E-state index in [1.165, 1.54) is 4.90 Å². The standard InChI is InChI=1S/C10H20N2O6/c11-1-3-17-5-6-18-4-2-12(7-9(13)14)8-10(15)16/h1-8,11H2,(H,13,14)(H,15,16). The van der Waals surface area contributed by atoms with E-state index < -0.39 is 11.9 Å². The largest absolute Gasteiger partial charge is 0.480 e. The molecule has 106 valence electrons. The topological polar surface area (TPSA) is 122 Å². The van der Waals surface area contributed by atoms with Gasteiger partial charge in [0.05, 0.1) is 39.5 Å². The lowest BCUT2D eigenvalue weighted by atomic mass is 10.4. The first-order valence-electron chi connectivity index (χ1n) is 5.57. The van der Waals surface area contributed by atoms with Crippen molar-refractivity contribution in [2.45, 2.75) is 0 Å². The van der Waals surface area contributed by atoms with Crippen LogP contribution in [-0.4, -0.2) is 79.7 Å². The molecule has 0 radical (unpaired) electrons. The van der Waals surface area contributed by atoms with Gasteiger partial charge in [-0.2, -0.15) is 0 Å². The second kappa shape index (κ2) is 10.9. The van der Waals surface area contributed by atoms with E-state index in [9.17, 15) is 9.59 Å². The molecule has 0 aromatic heterocycles. The summed E-state index contributed by atoms with van der Waals surface area (Å²) in [4.78, 5) is 22.3. The predicted octanol–water partition coefficient (Wildman–Crippen LogP) is -1.55. The fourth-order valence-corrected chi connectivity index (χ4v) is 1.20. The number of rotatable bonds is 12. The maximum atomic E-state index is 10.5. The number of hydrogen-bond acceptors (Lipinski definition) is 6. The van der Waals surface area contributed by atoms with Crippen molar-refractivity contribution in [1.82, 2.24) is 4.90 Å². The van der Waals surface area contributed by atoms with Crippen LogP contribution in [-0.2, 0) is 19.1 Å². The number of hydrogen-bond donors (Lipinski definition) is 3. The van der Waals surface area contributed by atoms with Crippen molar-refractivity contribution in [2.75, 3.05) is 52.6 Å². The maximum Gasteiger partial charge on any atom is 0.317 e. The fourth-order valence-electron chi connectivity index (χ4n) is 1.20. The lowest BCUT2D eigenvalue weighted by molar-refractivity contribution is -0.142. The highest BCUT2D eigenvalue weighted by Gasteiger charge is 2.12. The van der Waals surface area contributed by atoms with Crippen molar-refractivity contribution < 1.29 is 29.3 Å². The Hall–Kier alpha value is -1.22. The molecule has 0 unspecified atom stereocenters. The molecule has 0 saturated carbocycles. The summed E-state index contributed by atoms with van der Waals surface area (Å²) >= 11 is 0. The molecule has 0 heterocycles. The maximum absolute atomic E-state index is 10.5. The summed E-state index contributed by atoms with van der Waals surface area (Å²) in [6, 6.07) is 0. The molecule has 0 fully saturated rings. The van der Waals surface area contributed by atoms with E-state index in [1.807, 2.05) is 0 Å². The second-order valence-corrected chi connectivity index (χ2v) is 3.51. The molecule has 8 nitrogen and oxygen atoms in total. The normalized spacial score (nSPS) is 10.8. The summed E-state index contributed by atoms with van der Waals surface area (Å²) in [7, 11) is 0. The Balaban J connectivity index is 3.62. The Labute approximate surface area is 105 Å². The highest BCUT2D eigenvalue weighted by molar-refractivity contribution is 5.72. The van der Waals surface area contributed by atoms with Crippen LogP contribution < -0.4 is 5.73 Å². The van der Waals surface area contributed by atoms with Gasteiger partial charge in [-0.05, 0) is 0 Å². The average Bonchev–Trinajstić information content (AvgIpc) is 2.26. The molecule has 0 bridgehead atoms. The zero-order chi connectivity index (χ0) is 13.8. The number of carbonyl (C=O) groups is 2. The van der Waals surface area contributed by atoms with E-state index in [4.69, 9.17) is 25.4 Å². The molecule has 0 atom stereocenters. The zero-order valence-corrected chi connectivity index (χ0v) is 10.2. The van der Waals surface area contributed by atoms with Crippen molar-refractivity contribution in [3.63, 3.8) is 0 Å². The first-order valence-corrected chi connectivity index (χ1v) is 5.57. The second-order valence-electron chi connectivity index (χ2n) is 3.51. The minimum atomic E-state index is -1.07. The van der Waals surface area contributed by atoms with Crippen molar-refractivity contribution in [3.05, 3.63) is 0 Å². The zero-order valence-electron chi connectivity index (χ0n) is 10.2. The van der Waals surface area contributed by atoms with E-state index in [1.54, 1.807) is 0 Å². The van der Waals surface area contributed by atoms with E-state index >= 15 is 0 Å². The van der Waals surface area contributed by atoms with Crippen LogP contribution in [0.25, 0.3) is 0 Å². The lowest BCUT2D eigenvalue weighted by Crippen LogP contribution is -2.37. The monoisotopic (exact) mass is 264 g/mol. The summed E-state index contributed by atoms with van der Waals surface area (Å²) in [6.45, 7) is 1.56. The summed E-state index contributed by atoms with van der Waals surface area (Å²) in [5.41, 5.74) is 5.22. The molecule has 4 N–H and O–H groups in total.